The number of benzene rings is 2. The maximum Gasteiger partial charge on any atom is 0.287 e. The van der Waals surface area contributed by atoms with E-state index in [1.165, 1.54) is 18.2 Å². The third kappa shape index (κ3) is 5.66. The van der Waals surface area contributed by atoms with E-state index in [-0.39, 0.29) is 10.7 Å². The van der Waals surface area contributed by atoms with Crippen molar-refractivity contribution in [3.63, 3.8) is 0 Å². The second kappa shape index (κ2) is 7.56. The second-order valence-corrected chi connectivity index (χ2v) is 5.01. The largest absolute Gasteiger partial charge is 0.287 e. The first-order chi connectivity index (χ1) is 8.90. The first-order valence-electron chi connectivity index (χ1n) is 4.90. The maximum absolute atomic E-state index is 10.2. The van der Waals surface area contributed by atoms with Crippen molar-refractivity contribution in [2.75, 3.05) is 0 Å². The molecule has 0 atom stereocenters. The molecule has 0 amide bonds. The fraction of sp³-hybridized carbons (Fsp3) is 0. The molecule has 0 spiro atoms. The smallest absolute Gasteiger partial charge is 0.258 e. The van der Waals surface area contributed by atoms with Gasteiger partial charge in [-0.05, 0) is 30.3 Å². The average molecular weight is 339 g/mol. The molecule has 0 unspecified atom stereocenters. The Morgan fingerprint density at radius 3 is 1.74 bits per heavy atom. The van der Waals surface area contributed by atoms with Gasteiger partial charge >= 0.3 is 0 Å². The normalized spacial score (nSPS) is 9.47. The summed E-state index contributed by atoms with van der Waals surface area (Å²) >= 11 is 22.1. The van der Waals surface area contributed by atoms with E-state index in [9.17, 15) is 10.1 Å². The Labute approximate surface area is 129 Å². The molecule has 2 aromatic rings. The van der Waals surface area contributed by atoms with Gasteiger partial charge in [0.2, 0.25) is 0 Å². The van der Waals surface area contributed by atoms with Crippen molar-refractivity contribution >= 4 is 52.1 Å². The predicted octanol–water partition coefficient (Wildman–Crippen LogP) is 5.90. The van der Waals surface area contributed by atoms with Gasteiger partial charge in [0, 0.05) is 21.1 Å². The van der Waals surface area contributed by atoms with Crippen LogP contribution < -0.4 is 0 Å². The Kier molecular flexibility index (Phi) is 6.38. The van der Waals surface area contributed by atoms with Crippen molar-refractivity contribution in [2.24, 2.45) is 0 Å². The highest BCUT2D eigenvalue weighted by Gasteiger charge is 2.10. The van der Waals surface area contributed by atoms with Crippen molar-refractivity contribution in [1.82, 2.24) is 0 Å². The van der Waals surface area contributed by atoms with Crippen LogP contribution in [-0.2, 0) is 0 Å². The summed E-state index contributed by atoms with van der Waals surface area (Å²) in [6.07, 6.45) is 0. The molecule has 0 radical (unpaired) electrons. The lowest BCUT2D eigenvalue weighted by Gasteiger charge is -1.93. The predicted molar refractivity (Wildman–Crippen MR) is 79.6 cm³/mol. The molecule has 19 heavy (non-hydrogen) atoms. The molecule has 0 aliphatic heterocycles. The summed E-state index contributed by atoms with van der Waals surface area (Å²) in [4.78, 5) is 9.65. The third-order valence-electron chi connectivity index (χ3n) is 1.89. The Morgan fingerprint density at radius 1 is 0.842 bits per heavy atom. The summed E-state index contributed by atoms with van der Waals surface area (Å²) in [6.45, 7) is 0. The van der Waals surface area contributed by atoms with E-state index < -0.39 is 4.92 Å². The SMILES string of the molecule is Clc1cccc(Cl)c1.O=[N+]([O-])c1ccc(Cl)cc1Cl. The quantitative estimate of drug-likeness (QED) is 0.480. The molecule has 7 heteroatoms. The van der Waals surface area contributed by atoms with Gasteiger partial charge < -0.3 is 0 Å². The Hall–Kier alpha value is -1.000. The summed E-state index contributed by atoms with van der Waals surface area (Å²) in [5.41, 5.74) is -0.129. The van der Waals surface area contributed by atoms with Crippen LogP contribution in [0.2, 0.25) is 20.1 Å². The number of nitro groups is 1. The molecular weight excluding hydrogens is 332 g/mol. The number of nitro benzene ring substituents is 1. The summed E-state index contributed by atoms with van der Waals surface area (Å²) in [5.74, 6) is 0. The van der Waals surface area contributed by atoms with E-state index in [2.05, 4.69) is 0 Å². The van der Waals surface area contributed by atoms with Crippen molar-refractivity contribution in [3.05, 3.63) is 72.7 Å². The van der Waals surface area contributed by atoms with E-state index in [0.717, 1.165) is 0 Å². The van der Waals surface area contributed by atoms with E-state index in [0.29, 0.717) is 15.1 Å². The summed E-state index contributed by atoms with van der Waals surface area (Å²) in [6, 6.07) is 11.1. The average Bonchev–Trinajstić information content (AvgIpc) is 2.28. The van der Waals surface area contributed by atoms with Gasteiger partial charge in [0.05, 0.1) is 4.92 Å². The van der Waals surface area contributed by atoms with Gasteiger partial charge in [0.15, 0.2) is 0 Å². The molecular formula is C12H7Cl4NO2. The van der Waals surface area contributed by atoms with Crippen LogP contribution in [0.3, 0.4) is 0 Å². The molecule has 0 saturated heterocycles. The topological polar surface area (TPSA) is 43.1 Å². The lowest BCUT2D eigenvalue weighted by molar-refractivity contribution is -0.384. The minimum atomic E-state index is -0.557. The molecule has 0 bridgehead atoms. The number of hydrogen-bond donors (Lipinski definition) is 0. The standard InChI is InChI=1S/C6H3Cl2NO2.C6H4Cl2/c7-4-1-2-6(9(10)11)5(8)3-4;7-5-2-1-3-6(8)4-5/h1-3H;1-4H. The van der Waals surface area contributed by atoms with Crippen LogP contribution in [0.25, 0.3) is 0 Å². The maximum atomic E-state index is 10.2. The molecule has 100 valence electrons. The van der Waals surface area contributed by atoms with Crippen LogP contribution in [0.1, 0.15) is 0 Å². The van der Waals surface area contributed by atoms with Crippen molar-refractivity contribution in [3.8, 4) is 0 Å². The molecule has 0 N–H and O–H groups in total. The van der Waals surface area contributed by atoms with Crippen LogP contribution >= 0.6 is 46.4 Å². The minimum absolute atomic E-state index is 0.0579. The number of nitrogens with zero attached hydrogens (tertiary/aromatic N) is 1. The van der Waals surface area contributed by atoms with Crippen LogP contribution in [0.5, 0.6) is 0 Å². The van der Waals surface area contributed by atoms with E-state index in [1.54, 1.807) is 18.2 Å². The number of rotatable bonds is 1. The highest BCUT2D eigenvalue weighted by Crippen LogP contribution is 2.26. The van der Waals surface area contributed by atoms with Gasteiger partial charge in [-0.3, -0.25) is 10.1 Å². The zero-order chi connectivity index (χ0) is 14.4. The van der Waals surface area contributed by atoms with Crippen LogP contribution in [-0.4, -0.2) is 4.92 Å². The van der Waals surface area contributed by atoms with Gasteiger partial charge in [0.25, 0.3) is 5.69 Å². The lowest BCUT2D eigenvalue weighted by atomic mass is 10.3. The highest BCUT2D eigenvalue weighted by molar-refractivity contribution is 6.36. The zero-order valence-corrected chi connectivity index (χ0v) is 12.3. The number of hydrogen-bond acceptors (Lipinski definition) is 2. The first-order valence-corrected chi connectivity index (χ1v) is 6.42. The monoisotopic (exact) mass is 337 g/mol. The van der Waals surface area contributed by atoms with E-state index in [4.69, 9.17) is 46.4 Å². The molecule has 0 aliphatic carbocycles. The Bertz CT molecular complexity index is 572. The van der Waals surface area contributed by atoms with Gasteiger partial charge in [-0.2, -0.15) is 0 Å². The van der Waals surface area contributed by atoms with Crippen molar-refractivity contribution < 1.29 is 4.92 Å². The summed E-state index contributed by atoms with van der Waals surface area (Å²) < 4.78 is 0. The van der Waals surface area contributed by atoms with E-state index in [1.807, 2.05) is 6.07 Å². The fourth-order valence-electron chi connectivity index (χ4n) is 1.09. The van der Waals surface area contributed by atoms with Gasteiger partial charge in [0.1, 0.15) is 5.02 Å². The van der Waals surface area contributed by atoms with Crippen LogP contribution in [0.4, 0.5) is 5.69 Å². The third-order valence-corrected chi connectivity index (χ3v) is 2.90. The van der Waals surface area contributed by atoms with E-state index >= 15 is 0 Å². The van der Waals surface area contributed by atoms with Crippen molar-refractivity contribution in [1.29, 1.82) is 0 Å². The fourth-order valence-corrected chi connectivity index (χ4v) is 2.00. The molecule has 2 rings (SSSR count). The van der Waals surface area contributed by atoms with Crippen LogP contribution in [0.15, 0.2) is 42.5 Å². The van der Waals surface area contributed by atoms with Gasteiger partial charge in [-0.25, -0.2) is 0 Å². The molecule has 0 aliphatic rings. The van der Waals surface area contributed by atoms with Crippen molar-refractivity contribution in [2.45, 2.75) is 0 Å². The molecule has 0 aromatic heterocycles. The summed E-state index contributed by atoms with van der Waals surface area (Å²) in [5, 5.41) is 12.0. The number of halogens is 4. The second-order valence-electron chi connectivity index (χ2n) is 3.29. The molecule has 0 heterocycles. The minimum Gasteiger partial charge on any atom is -0.258 e. The van der Waals surface area contributed by atoms with Crippen LogP contribution in [0, 0.1) is 10.1 Å². The van der Waals surface area contributed by atoms with Gasteiger partial charge in [-0.1, -0.05) is 52.5 Å². The molecule has 0 saturated carbocycles. The summed E-state index contributed by atoms with van der Waals surface area (Å²) in [7, 11) is 0. The molecule has 2 aromatic carbocycles. The highest BCUT2D eigenvalue weighted by atomic mass is 35.5. The lowest BCUT2D eigenvalue weighted by Crippen LogP contribution is -1.87. The molecule has 3 nitrogen and oxygen atoms in total. The Balaban J connectivity index is 0.000000200. The first kappa shape index (κ1) is 16.1. The van der Waals surface area contributed by atoms with Gasteiger partial charge in [-0.15, -0.1) is 0 Å². The zero-order valence-electron chi connectivity index (χ0n) is 9.32. The molecule has 0 fully saturated rings. The Morgan fingerprint density at radius 2 is 1.37 bits per heavy atom.